The molecule has 29 heavy (non-hydrogen) atoms. The van der Waals surface area contributed by atoms with Crippen molar-refractivity contribution in [2.75, 3.05) is 25.0 Å². The fourth-order valence-electron chi connectivity index (χ4n) is 3.86. The first-order chi connectivity index (χ1) is 13.6. The number of piperazine rings is 1. The van der Waals surface area contributed by atoms with Crippen LogP contribution < -0.4 is 10.6 Å². The Balaban J connectivity index is 0.00000205. The molecule has 0 spiro atoms. The molecule has 1 saturated carbocycles. The molecule has 5 rings (SSSR count). The van der Waals surface area contributed by atoms with Crippen molar-refractivity contribution in [3.63, 3.8) is 0 Å². The highest BCUT2D eigenvalue weighted by Crippen LogP contribution is 2.40. The molecule has 9 heteroatoms. The van der Waals surface area contributed by atoms with Crippen LogP contribution in [0.1, 0.15) is 47.4 Å². The third-order valence-corrected chi connectivity index (χ3v) is 6.70. The normalized spacial score (nSPS) is 19.2. The second kappa shape index (κ2) is 7.93. The molecule has 3 N–H and O–H groups in total. The number of aryl methyl sites for hydroxylation is 1. The van der Waals surface area contributed by atoms with Gasteiger partial charge in [-0.15, -0.1) is 23.7 Å². The molecule has 1 saturated heterocycles. The largest absolute Gasteiger partial charge is 0.332 e. The summed E-state index contributed by atoms with van der Waals surface area (Å²) >= 11 is 1.65. The van der Waals surface area contributed by atoms with E-state index in [1.54, 1.807) is 11.3 Å². The predicted molar refractivity (Wildman–Crippen MR) is 119 cm³/mol. The van der Waals surface area contributed by atoms with Gasteiger partial charge >= 0.3 is 0 Å². The van der Waals surface area contributed by atoms with Gasteiger partial charge in [0.25, 0.3) is 5.91 Å². The molecule has 2 aliphatic rings. The first kappa shape index (κ1) is 20.1. The molecule has 2 fully saturated rings. The number of carbonyl (C=O) groups excluding carboxylic acids is 1. The average molecular weight is 433 g/mol. The van der Waals surface area contributed by atoms with Crippen molar-refractivity contribution in [1.29, 1.82) is 0 Å². The van der Waals surface area contributed by atoms with Gasteiger partial charge in [0.15, 0.2) is 5.82 Å². The topological polar surface area (TPSA) is 85.9 Å². The quantitative estimate of drug-likeness (QED) is 0.583. The van der Waals surface area contributed by atoms with Crippen molar-refractivity contribution in [2.24, 2.45) is 0 Å². The number of carbonyl (C=O) groups is 1. The summed E-state index contributed by atoms with van der Waals surface area (Å²) in [5.74, 6) is 2.06. The molecule has 1 atom stereocenters. The van der Waals surface area contributed by atoms with Gasteiger partial charge in [0.05, 0.1) is 0 Å². The maximum atomic E-state index is 13.3. The Hall–Kier alpha value is -2.16. The van der Waals surface area contributed by atoms with Gasteiger partial charge in [-0.3, -0.25) is 9.89 Å². The third kappa shape index (κ3) is 3.72. The number of aromatic nitrogens is 3. The van der Waals surface area contributed by atoms with Gasteiger partial charge in [-0.1, -0.05) is 0 Å². The molecule has 7 nitrogen and oxygen atoms in total. The Morgan fingerprint density at radius 3 is 2.97 bits per heavy atom. The molecule has 0 unspecified atom stereocenters. The molecule has 1 aliphatic heterocycles. The van der Waals surface area contributed by atoms with E-state index in [2.05, 4.69) is 39.9 Å². The molecule has 1 amide bonds. The Bertz CT molecular complexity index is 1040. The summed E-state index contributed by atoms with van der Waals surface area (Å²) in [5, 5.41) is 17.3. The standard InChI is InChI=1S/C20H24N6OS.ClH/c1-11-10-21-6-7-26(11)20(27)17-12(2)18-14(5-8-28-18)19(23-17)22-16-9-15(24-25-16)13-3-4-13;/h5,8-9,11,13,21H,3-4,6-7,10H2,1-2H3,(H2,22,23,24,25);1H/t11-;/m1./s1. The van der Waals surface area contributed by atoms with Crippen LogP contribution in [0, 0.1) is 6.92 Å². The van der Waals surface area contributed by atoms with Crippen molar-refractivity contribution < 1.29 is 4.79 Å². The average Bonchev–Trinajstić information content (AvgIpc) is 3.23. The molecular weight excluding hydrogens is 408 g/mol. The number of pyridine rings is 1. The van der Waals surface area contributed by atoms with Crippen LogP contribution in [0.3, 0.4) is 0 Å². The highest BCUT2D eigenvalue weighted by molar-refractivity contribution is 7.17. The summed E-state index contributed by atoms with van der Waals surface area (Å²) in [4.78, 5) is 20.0. The minimum absolute atomic E-state index is 0. The maximum absolute atomic E-state index is 13.3. The second-order valence-electron chi connectivity index (χ2n) is 7.76. The van der Waals surface area contributed by atoms with Gasteiger partial charge in [-0.25, -0.2) is 4.98 Å². The third-order valence-electron chi connectivity index (χ3n) is 5.67. The summed E-state index contributed by atoms with van der Waals surface area (Å²) in [6.07, 6.45) is 2.45. The molecule has 0 aromatic carbocycles. The number of nitrogens with zero attached hydrogens (tertiary/aromatic N) is 3. The number of halogens is 1. The van der Waals surface area contributed by atoms with Crippen LogP contribution in [0.4, 0.5) is 11.6 Å². The van der Waals surface area contributed by atoms with Gasteiger partial charge < -0.3 is 15.5 Å². The summed E-state index contributed by atoms with van der Waals surface area (Å²) in [6.45, 7) is 6.41. The van der Waals surface area contributed by atoms with Gasteiger partial charge in [0.1, 0.15) is 11.5 Å². The van der Waals surface area contributed by atoms with Crippen molar-refractivity contribution >= 4 is 51.4 Å². The molecule has 0 bridgehead atoms. The highest BCUT2D eigenvalue weighted by Gasteiger charge is 2.28. The Kier molecular flexibility index (Phi) is 5.50. The molecule has 154 valence electrons. The first-order valence-electron chi connectivity index (χ1n) is 9.83. The minimum Gasteiger partial charge on any atom is -0.332 e. The Morgan fingerprint density at radius 2 is 2.21 bits per heavy atom. The van der Waals surface area contributed by atoms with Crippen LogP contribution in [0.2, 0.25) is 0 Å². The van der Waals surface area contributed by atoms with Gasteiger partial charge in [-0.05, 0) is 43.7 Å². The van der Waals surface area contributed by atoms with Gasteiger partial charge in [0, 0.05) is 53.4 Å². The van der Waals surface area contributed by atoms with E-state index in [4.69, 9.17) is 4.98 Å². The Labute approximate surface area is 179 Å². The molecule has 4 heterocycles. The number of thiophene rings is 1. The van der Waals surface area contributed by atoms with E-state index < -0.39 is 0 Å². The van der Waals surface area contributed by atoms with E-state index >= 15 is 0 Å². The molecular formula is C20H25ClN6OS. The van der Waals surface area contributed by atoms with E-state index in [1.807, 2.05) is 17.2 Å². The molecule has 3 aromatic rings. The van der Waals surface area contributed by atoms with Gasteiger partial charge in [0.2, 0.25) is 0 Å². The minimum atomic E-state index is 0. The lowest BCUT2D eigenvalue weighted by molar-refractivity contribution is 0.0649. The number of hydrogen-bond donors (Lipinski definition) is 3. The summed E-state index contributed by atoms with van der Waals surface area (Å²) < 4.78 is 1.10. The van der Waals surface area contributed by atoms with Crippen LogP contribution in [-0.2, 0) is 0 Å². The van der Waals surface area contributed by atoms with Crippen LogP contribution in [0.5, 0.6) is 0 Å². The predicted octanol–water partition coefficient (Wildman–Crippen LogP) is 3.80. The fraction of sp³-hybridized carbons (Fsp3) is 0.450. The fourth-order valence-corrected chi connectivity index (χ4v) is 4.76. The lowest BCUT2D eigenvalue weighted by Gasteiger charge is -2.34. The monoisotopic (exact) mass is 432 g/mol. The van der Waals surface area contributed by atoms with Crippen LogP contribution >= 0.6 is 23.7 Å². The highest BCUT2D eigenvalue weighted by atomic mass is 35.5. The molecule has 1 aliphatic carbocycles. The maximum Gasteiger partial charge on any atom is 0.273 e. The number of anilines is 2. The molecule has 0 radical (unpaired) electrons. The number of H-pyrrole nitrogens is 1. The number of hydrogen-bond acceptors (Lipinski definition) is 6. The summed E-state index contributed by atoms with van der Waals surface area (Å²) in [6, 6.07) is 4.26. The number of aromatic amines is 1. The van der Waals surface area contributed by atoms with Crippen LogP contribution in [0.25, 0.3) is 10.1 Å². The molecule has 3 aromatic heterocycles. The van der Waals surface area contributed by atoms with Crippen molar-refractivity contribution in [1.82, 2.24) is 25.4 Å². The number of nitrogens with one attached hydrogen (secondary N) is 3. The zero-order valence-corrected chi connectivity index (χ0v) is 18.1. The van der Waals surface area contributed by atoms with E-state index in [9.17, 15) is 4.79 Å². The summed E-state index contributed by atoms with van der Waals surface area (Å²) in [5.41, 5.74) is 2.65. The summed E-state index contributed by atoms with van der Waals surface area (Å²) in [7, 11) is 0. The van der Waals surface area contributed by atoms with E-state index in [0.717, 1.165) is 34.6 Å². The smallest absolute Gasteiger partial charge is 0.273 e. The van der Waals surface area contributed by atoms with E-state index in [1.165, 1.54) is 18.5 Å². The number of rotatable bonds is 4. The lowest BCUT2D eigenvalue weighted by Crippen LogP contribution is -2.52. The van der Waals surface area contributed by atoms with Gasteiger partial charge in [-0.2, -0.15) is 5.10 Å². The van der Waals surface area contributed by atoms with Crippen molar-refractivity contribution in [3.05, 3.63) is 34.5 Å². The van der Waals surface area contributed by atoms with Crippen LogP contribution in [-0.4, -0.2) is 51.7 Å². The zero-order valence-electron chi connectivity index (χ0n) is 16.5. The van der Waals surface area contributed by atoms with Crippen LogP contribution in [0.15, 0.2) is 17.5 Å². The Morgan fingerprint density at radius 1 is 1.38 bits per heavy atom. The van der Waals surface area contributed by atoms with Crippen molar-refractivity contribution in [2.45, 2.75) is 38.6 Å². The first-order valence-corrected chi connectivity index (χ1v) is 10.7. The zero-order chi connectivity index (χ0) is 19.3. The van der Waals surface area contributed by atoms with E-state index in [-0.39, 0.29) is 24.4 Å². The SMILES string of the molecule is Cc1c(C(=O)N2CCNC[C@H]2C)nc(Nc2cc(C3CC3)[nH]n2)c2ccsc12.Cl. The van der Waals surface area contributed by atoms with Crippen molar-refractivity contribution in [3.8, 4) is 0 Å². The number of amides is 1. The lowest BCUT2D eigenvalue weighted by atomic mass is 10.1. The number of fused-ring (bicyclic) bond motifs is 1. The second-order valence-corrected chi connectivity index (χ2v) is 8.67. The van der Waals surface area contributed by atoms with E-state index in [0.29, 0.717) is 24.0 Å².